The molecule has 0 aliphatic rings. The van der Waals surface area contributed by atoms with E-state index in [2.05, 4.69) is 15.4 Å². The van der Waals surface area contributed by atoms with Crippen LogP contribution >= 0.6 is 11.6 Å². The first-order chi connectivity index (χ1) is 11.6. The Bertz CT molecular complexity index is 747. The molecule has 0 aliphatic carbocycles. The molecule has 2 heterocycles. The molecule has 0 saturated heterocycles. The van der Waals surface area contributed by atoms with E-state index in [-0.39, 0.29) is 23.0 Å². The summed E-state index contributed by atoms with van der Waals surface area (Å²) >= 11 is 6.34. The molecule has 0 fully saturated rings. The lowest BCUT2D eigenvalue weighted by Crippen LogP contribution is -2.34. The highest BCUT2D eigenvalue weighted by molar-refractivity contribution is 6.30. The van der Waals surface area contributed by atoms with Crippen molar-refractivity contribution in [3.8, 4) is 0 Å². The molecule has 3 atom stereocenters. The smallest absolute Gasteiger partial charge is 0.377 e. The summed E-state index contributed by atoms with van der Waals surface area (Å²) < 4.78 is 45.9. The van der Waals surface area contributed by atoms with E-state index in [0.717, 1.165) is 6.92 Å². The minimum Gasteiger partial charge on any atom is -0.377 e. The molecule has 5 nitrogen and oxygen atoms in total. The first-order valence-electron chi connectivity index (χ1n) is 8.04. The van der Waals surface area contributed by atoms with Crippen molar-refractivity contribution < 1.29 is 17.9 Å². The third-order valence-corrected chi connectivity index (χ3v) is 4.69. The summed E-state index contributed by atoms with van der Waals surface area (Å²) in [6.45, 7) is 6.69. The molecular weight excluding hydrogens is 357 g/mol. The minimum atomic E-state index is -4.40. The molecule has 140 valence electrons. The zero-order valence-electron chi connectivity index (χ0n) is 14.8. The highest BCUT2D eigenvalue weighted by atomic mass is 35.5. The van der Waals surface area contributed by atoms with Gasteiger partial charge in [-0.1, -0.05) is 25.4 Å². The van der Waals surface area contributed by atoms with Gasteiger partial charge in [-0.3, -0.25) is 0 Å². The highest BCUT2D eigenvalue weighted by Crippen LogP contribution is 2.36. The number of nitrogens with one attached hydrogen (secondary N) is 1. The Balaban J connectivity index is 2.70. The van der Waals surface area contributed by atoms with E-state index in [1.807, 2.05) is 13.8 Å². The molecule has 0 amide bonds. The van der Waals surface area contributed by atoms with Crippen molar-refractivity contribution in [2.75, 3.05) is 12.4 Å². The van der Waals surface area contributed by atoms with Gasteiger partial charge in [-0.15, -0.1) is 0 Å². The maximum Gasteiger partial charge on any atom is 0.408 e. The van der Waals surface area contributed by atoms with Crippen molar-refractivity contribution in [3.63, 3.8) is 0 Å². The highest BCUT2D eigenvalue weighted by Gasteiger charge is 2.37. The Labute approximate surface area is 149 Å². The van der Waals surface area contributed by atoms with Crippen molar-refractivity contribution in [1.82, 2.24) is 14.6 Å². The zero-order valence-corrected chi connectivity index (χ0v) is 15.5. The molecule has 0 bridgehead atoms. The topological polar surface area (TPSA) is 51.5 Å². The van der Waals surface area contributed by atoms with Crippen LogP contribution in [0.4, 0.5) is 19.0 Å². The van der Waals surface area contributed by atoms with Crippen LogP contribution in [0.5, 0.6) is 0 Å². The summed E-state index contributed by atoms with van der Waals surface area (Å²) in [6.07, 6.45) is -2.48. The maximum absolute atomic E-state index is 13.1. The standard InChI is InChI=1S/C16H22ClF3N4O/c1-6-8(2)12-13(17)23-14-11(9(3)25-5)7-21-24(14)15(12)22-10(4)16(18,19)20/h7-10,22H,6H2,1-5H3. The van der Waals surface area contributed by atoms with Gasteiger partial charge in [0, 0.05) is 18.2 Å². The summed E-state index contributed by atoms with van der Waals surface area (Å²) in [6, 6.07) is -1.76. The molecule has 3 unspecified atom stereocenters. The molecule has 25 heavy (non-hydrogen) atoms. The SMILES string of the molecule is CCC(C)c1c(Cl)nc2c(C(C)OC)cnn2c1NC(C)C(F)(F)F. The van der Waals surface area contributed by atoms with Gasteiger partial charge in [0.05, 0.1) is 12.3 Å². The van der Waals surface area contributed by atoms with E-state index in [0.29, 0.717) is 23.2 Å². The van der Waals surface area contributed by atoms with Crippen LogP contribution in [0.2, 0.25) is 5.15 Å². The summed E-state index contributed by atoms with van der Waals surface area (Å²) in [5.74, 6) is 0.128. The molecule has 0 aliphatic heterocycles. The largest absolute Gasteiger partial charge is 0.408 e. The monoisotopic (exact) mass is 378 g/mol. The number of hydrogen-bond acceptors (Lipinski definition) is 4. The van der Waals surface area contributed by atoms with Crippen LogP contribution in [-0.4, -0.2) is 33.9 Å². The van der Waals surface area contributed by atoms with Gasteiger partial charge in [0.2, 0.25) is 0 Å². The summed E-state index contributed by atoms with van der Waals surface area (Å²) in [4.78, 5) is 4.37. The molecule has 2 aromatic rings. The fourth-order valence-corrected chi connectivity index (χ4v) is 2.83. The van der Waals surface area contributed by atoms with Crippen molar-refractivity contribution in [3.05, 3.63) is 22.5 Å². The second-order valence-corrected chi connectivity index (χ2v) is 6.45. The Hall–Kier alpha value is -1.54. The molecule has 2 aromatic heterocycles. The van der Waals surface area contributed by atoms with E-state index in [1.165, 1.54) is 17.8 Å². The van der Waals surface area contributed by atoms with Gasteiger partial charge < -0.3 is 10.1 Å². The predicted molar refractivity (Wildman–Crippen MR) is 91.3 cm³/mol. The van der Waals surface area contributed by atoms with Gasteiger partial charge in [-0.25, -0.2) is 4.98 Å². The number of hydrogen-bond donors (Lipinski definition) is 1. The van der Waals surface area contributed by atoms with Gasteiger partial charge in [-0.05, 0) is 26.2 Å². The van der Waals surface area contributed by atoms with Gasteiger partial charge in [0.25, 0.3) is 0 Å². The second-order valence-electron chi connectivity index (χ2n) is 6.10. The molecule has 1 N–H and O–H groups in total. The first-order valence-corrected chi connectivity index (χ1v) is 8.42. The lowest BCUT2D eigenvalue weighted by Gasteiger charge is -2.23. The first kappa shape index (κ1) is 19.8. The lowest BCUT2D eigenvalue weighted by atomic mass is 10.00. The number of alkyl halides is 3. The number of ether oxygens (including phenoxy) is 1. The third kappa shape index (κ3) is 3.84. The van der Waals surface area contributed by atoms with Crippen molar-refractivity contribution in [2.45, 2.75) is 58.4 Å². The molecule has 0 aromatic carbocycles. The van der Waals surface area contributed by atoms with Crippen LogP contribution in [-0.2, 0) is 4.74 Å². The average molecular weight is 379 g/mol. The molecule has 2 rings (SSSR count). The summed E-state index contributed by atoms with van der Waals surface area (Å²) in [7, 11) is 1.54. The molecule has 0 spiro atoms. The number of rotatable bonds is 6. The molecular formula is C16H22ClF3N4O. The normalized spacial score (nSPS) is 16.0. The van der Waals surface area contributed by atoms with Crippen LogP contribution in [0.1, 0.15) is 57.3 Å². The summed E-state index contributed by atoms with van der Waals surface area (Å²) in [5, 5.41) is 6.93. The van der Waals surface area contributed by atoms with Crippen LogP contribution < -0.4 is 5.32 Å². The Kier molecular flexibility index (Phi) is 5.83. The van der Waals surface area contributed by atoms with E-state index in [9.17, 15) is 13.2 Å². The average Bonchev–Trinajstić information content (AvgIpc) is 2.96. The molecule has 9 heteroatoms. The maximum atomic E-state index is 13.1. The molecule has 0 saturated carbocycles. The lowest BCUT2D eigenvalue weighted by molar-refractivity contribution is -0.138. The van der Waals surface area contributed by atoms with Crippen LogP contribution in [0.15, 0.2) is 6.20 Å². The summed E-state index contributed by atoms with van der Waals surface area (Å²) in [5.41, 5.74) is 1.55. The zero-order chi connectivity index (χ0) is 18.9. The number of halogens is 4. The van der Waals surface area contributed by atoms with Crippen LogP contribution in [0.25, 0.3) is 5.65 Å². The number of fused-ring (bicyclic) bond motifs is 1. The van der Waals surface area contributed by atoms with Crippen molar-refractivity contribution in [2.24, 2.45) is 0 Å². The van der Waals surface area contributed by atoms with Gasteiger partial charge in [-0.2, -0.15) is 22.8 Å². The quantitative estimate of drug-likeness (QED) is 0.721. The number of anilines is 1. The second kappa shape index (κ2) is 7.37. The Morgan fingerprint density at radius 3 is 2.48 bits per heavy atom. The van der Waals surface area contributed by atoms with E-state index in [1.54, 1.807) is 6.92 Å². The number of methoxy groups -OCH3 is 1. The minimum absolute atomic E-state index is 0.0835. The number of aromatic nitrogens is 3. The Morgan fingerprint density at radius 1 is 1.32 bits per heavy atom. The van der Waals surface area contributed by atoms with E-state index in [4.69, 9.17) is 16.3 Å². The van der Waals surface area contributed by atoms with Crippen LogP contribution in [0, 0.1) is 0 Å². The van der Waals surface area contributed by atoms with Gasteiger partial charge in [0.1, 0.15) is 17.0 Å². The van der Waals surface area contributed by atoms with Crippen molar-refractivity contribution in [1.29, 1.82) is 0 Å². The van der Waals surface area contributed by atoms with Gasteiger partial charge in [0.15, 0.2) is 5.65 Å². The predicted octanol–water partition coefficient (Wildman–Crippen LogP) is 4.97. The van der Waals surface area contributed by atoms with Crippen LogP contribution in [0.3, 0.4) is 0 Å². The van der Waals surface area contributed by atoms with E-state index < -0.39 is 12.2 Å². The molecule has 0 radical (unpaired) electrons. The van der Waals surface area contributed by atoms with E-state index >= 15 is 0 Å². The third-order valence-electron chi connectivity index (χ3n) is 4.41. The van der Waals surface area contributed by atoms with Crippen molar-refractivity contribution >= 4 is 23.1 Å². The van der Waals surface area contributed by atoms with Gasteiger partial charge >= 0.3 is 6.18 Å². The fraction of sp³-hybridized carbons (Fsp3) is 0.625. The Morgan fingerprint density at radius 2 is 1.96 bits per heavy atom. The fourth-order valence-electron chi connectivity index (χ4n) is 2.48. The number of nitrogens with zero attached hydrogens (tertiary/aromatic N) is 3.